The predicted molar refractivity (Wildman–Crippen MR) is 77.0 cm³/mol. The van der Waals surface area contributed by atoms with Crippen LogP contribution in [0.15, 0.2) is 22.7 Å². The van der Waals surface area contributed by atoms with Gasteiger partial charge in [0.05, 0.1) is 4.47 Å². The SMILES string of the molecule is CCC(CNC(C)C)Oc1ccc(Cl)cc1Br. The van der Waals surface area contributed by atoms with Gasteiger partial charge in [-0.05, 0) is 40.5 Å². The number of hydrogen-bond acceptors (Lipinski definition) is 2. The molecular formula is C13H19BrClNO. The molecule has 1 rings (SSSR count). The van der Waals surface area contributed by atoms with Crippen molar-refractivity contribution in [1.82, 2.24) is 5.32 Å². The van der Waals surface area contributed by atoms with Gasteiger partial charge in [0.25, 0.3) is 0 Å². The van der Waals surface area contributed by atoms with Crippen LogP contribution in [0.5, 0.6) is 5.75 Å². The summed E-state index contributed by atoms with van der Waals surface area (Å²) in [5.74, 6) is 0.840. The van der Waals surface area contributed by atoms with E-state index in [0.717, 1.165) is 23.2 Å². The summed E-state index contributed by atoms with van der Waals surface area (Å²) in [6.45, 7) is 7.23. The largest absolute Gasteiger partial charge is 0.488 e. The topological polar surface area (TPSA) is 21.3 Å². The third kappa shape index (κ3) is 5.28. The third-order valence-electron chi connectivity index (χ3n) is 2.40. The lowest BCUT2D eigenvalue weighted by molar-refractivity contribution is 0.189. The molecule has 0 aliphatic heterocycles. The van der Waals surface area contributed by atoms with Gasteiger partial charge in [0.2, 0.25) is 0 Å². The Morgan fingerprint density at radius 3 is 2.65 bits per heavy atom. The van der Waals surface area contributed by atoms with E-state index in [9.17, 15) is 0 Å². The summed E-state index contributed by atoms with van der Waals surface area (Å²) >= 11 is 9.35. The standard InChI is InChI=1S/C13H19BrClNO/c1-4-11(8-16-9(2)3)17-13-6-5-10(15)7-12(13)14/h5-7,9,11,16H,4,8H2,1-3H3. The molecule has 0 aromatic heterocycles. The van der Waals surface area contributed by atoms with Crippen molar-refractivity contribution in [2.24, 2.45) is 0 Å². The van der Waals surface area contributed by atoms with Crippen molar-refractivity contribution in [2.45, 2.75) is 39.3 Å². The van der Waals surface area contributed by atoms with E-state index >= 15 is 0 Å². The lowest BCUT2D eigenvalue weighted by Gasteiger charge is -2.20. The van der Waals surface area contributed by atoms with Crippen LogP contribution >= 0.6 is 27.5 Å². The molecule has 0 heterocycles. The molecule has 4 heteroatoms. The van der Waals surface area contributed by atoms with Crippen molar-refractivity contribution < 1.29 is 4.74 Å². The van der Waals surface area contributed by atoms with Crippen LogP contribution in [-0.2, 0) is 0 Å². The second-order valence-corrected chi connectivity index (χ2v) is 5.58. The number of hydrogen-bond donors (Lipinski definition) is 1. The number of rotatable bonds is 6. The van der Waals surface area contributed by atoms with E-state index in [0.29, 0.717) is 11.1 Å². The van der Waals surface area contributed by atoms with Crippen LogP contribution < -0.4 is 10.1 Å². The van der Waals surface area contributed by atoms with E-state index in [1.54, 1.807) is 0 Å². The summed E-state index contributed by atoms with van der Waals surface area (Å²) in [6.07, 6.45) is 1.14. The number of ether oxygens (including phenoxy) is 1. The monoisotopic (exact) mass is 319 g/mol. The van der Waals surface area contributed by atoms with Crippen LogP contribution in [0, 0.1) is 0 Å². The summed E-state index contributed by atoms with van der Waals surface area (Å²) in [6, 6.07) is 6.05. The van der Waals surface area contributed by atoms with Crippen molar-refractivity contribution >= 4 is 27.5 Å². The fraction of sp³-hybridized carbons (Fsp3) is 0.538. The van der Waals surface area contributed by atoms with Gasteiger partial charge in [-0.3, -0.25) is 0 Å². The molecule has 1 atom stereocenters. The van der Waals surface area contributed by atoms with E-state index in [1.165, 1.54) is 0 Å². The van der Waals surface area contributed by atoms with Gasteiger partial charge in [-0.25, -0.2) is 0 Å². The van der Waals surface area contributed by atoms with Gasteiger partial charge in [0, 0.05) is 17.6 Å². The Balaban J connectivity index is 2.60. The summed E-state index contributed by atoms with van der Waals surface area (Å²) in [5, 5.41) is 4.09. The van der Waals surface area contributed by atoms with E-state index in [2.05, 4.69) is 42.0 Å². The molecule has 17 heavy (non-hydrogen) atoms. The number of halogens is 2. The van der Waals surface area contributed by atoms with Gasteiger partial charge in [-0.15, -0.1) is 0 Å². The van der Waals surface area contributed by atoms with Crippen LogP contribution in [0.4, 0.5) is 0 Å². The minimum atomic E-state index is 0.176. The molecule has 0 fully saturated rings. The Morgan fingerprint density at radius 1 is 1.41 bits per heavy atom. The number of nitrogens with one attached hydrogen (secondary N) is 1. The molecule has 0 radical (unpaired) electrons. The van der Waals surface area contributed by atoms with Gasteiger partial charge in [0.1, 0.15) is 11.9 Å². The fourth-order valence-corrected chi connectivity index (χ4v) is 2.16. The quantitative estimate of drug-likeness (QED) is 0.845. The molecule has 1 aromatic carbocycles. The highest BCUT2D eigenvalue weighted by atomic mass is 79.9. The van der Waals surface area contributed by atoms with E-state index in [4.69, 9.17) is 16.3 Å². The zero-order chi connectivity index (χ0) is 12.8. The second-order valence-electron chi connectivity index (χ2n) is 4.29. The Morgan fingerprint density at radius 2 is 2.12 bits per heavy atom. The molecule has 1 aromatic rings. The molecule has 96 valence electrons. The van der Waals surface area contributed by atoms with Crippen LogP contribution in [0.25, 0.3) is 0 Å². The van der Waals surface area contributed by atoms with Gasteiger partial charge < -0.3 is 10.1 Å². The van der Waals surface area contributed by atoms with Crippen molar-refractivity contribution in [1.29, 1.82) is 0 Å². The van der Waals surface area contributed by atoms with Crippen LogP contribution in [0.2, 0.25) is 5.02 Å². The van der Waals surface area contributed by atoms with Gasteiger partial charge in [0.15, 0.2) is 0 Å². The molecule has 0 spiro atoms. The van der Waals surface area contributed by atoms with Crippen LogP contribution in [0.1, 0.15) is 27.2 Å². The smallest absolute Gasteiger partial charge is 0.134 e. The first-order valence-electron chi connectivity index (χ1n) is 5.88. The molecule has 0 saturated heterocycles. The van der Waals surface area contributed by atoms with Crippen molar-refractivity contribution in [3.05, 3.63) is 27.7 Å². The summed E-state index contributed by atoms with van der Waals surface area (Å²) in [7, 11) is 0. The fourth-order valence-electron chi connectivity index (χ4n) is 1.39. The molecule has 0 bridgehead atoms. The first-order chi connectivity index (χ1) is 8.02. The molecule has 1 N–H and O–H groups in total. The van der Waals surface area contributed by atoms with Crippen LogP contribution in [0.3, 0.4) is 0 Å². The van der Waals surface area contributed by atoms with Gasteiger partial charge in [-0.1, -0.05) is 32.4 Å². The van der Waals surface area contributed by atoms with Crippen molar-refractivity contribution in [3.63, 3.8) is 0 Å². The third-order valence-corrected chi connectivity index (χ3v) is 3.25. The normalized spacial score (nSPS) is 12.8. The molecule has 0 aliphatic rings. The summed E-state index contributed by atoms with van der Waals surface area (Å²) in [4.78, 5) is 0. The predicted octanol–water partition coefficient (Wildman–Crippen LogP) is 4.26. The van der Waals surface area contributed by atoms with Crippen molar-refractivity contribution in [3.8, 4) is 5.75 Å². The molecular weight excluding hydrogens is 302 g/mol. The first-order valence-corrected chi connectivity index (χ1v) is 7.05. The highest BCUT2D eigenvalue weighted by molar-refractivity contribution is 9.10. The first kappa shape index (κ1) is 14.8. The highest BCUT2D eigenvalue weighted by Gasteiger charge is 2.11. The lowest BCUT2D eigenvalue weighted by Crippen LogP contribution is -2.34. The lowest BCUT2D eigenvalue weighted by atomic mass is 10.2. The number of benzene rings is 1. The maximum Gasteiger partial charge on any atom is 0.134 e. The Hall–Kier alpha value is -0.250. The Kier molecular flexibility index (Phi) is 6.31. The van der Waals surface area contributed by atoms with E-state index < -0.39 is 0 Å². The van der Waals surface area contributed by atoms with Crippen LogP contribution in [-0.4, -0.2) is 18.7 Å². The summed E-state index contributed by atoms with van der Waals surface area (Å²) in [5.41, 5.74) is 0. The molecule has 0 saturated carbocycles. The zero-order valence-electron chi connectivity index (χ0n) is 10.5. The van der Waals surface area contributed by atoms with Gasteiger partial charge in [-0.2, -0.15) is 0 Å². The maximum atomic E-state index is 5.93. The molecule has 2 nitrogen and oxygen atoms in total. The maximum absolute atomic E-state index is 5.93. The van der Waals surface area contributed by atoms with E-state index in [-0.39, 0.29) is 6.10 Å². The molecule has 0 aliphatic carbocycles. The highest BCUT2D eigenvalue weighted by Crippen LogP contribution is 2.29. The second kappa shape index (κ2) is 7.24. The Bertz CT molecular complexity index is 357. The Labute approximate surface area is 117 Å². The minimum absolute atomic E-state index is 0.176. The van der Waals surface area contributed by atoms with Crippen molar-refractivity contribution in [2.75, 3.05) is 6.54 Å². The average Bonchev–Trinajstić information content (AvgIpc) is 2.26. The molecule has 1 unspecified atom stereocenters. The molecule has 0 amide bonds. The minimum Gasteiger partial charge on any atom is -0.488 e. The van der Waals surface area contributed by atoms with Gasteiger partial charge >= 0.3 is 0 Å². The zero-order valence-corrected chi connectivity index (χ0v) is 12.8. The summed E-state index contributed by atoms with van der Waals surface area (Å²) < 4.78 is 6.83. The van der Waals surface area contributed by atoms with E-state index in [1.807, 2.05) is 18.2 Å². The average molecular weight is 321 g/mol.